The number of aliphatic hydroxyl groups is 1. The third kappa shape index (κ3) is 8.06. The number of hydrogen-bond donors (Lipinski definition) is 2. The van der Waals surface area contributed by atoms with E-state index in [4.69, 9.17) is 18.3 Å². The molecule has 0 spiro atoms. The molecule has 1 amide bonds. The fraction of sp³-hybridized carbons (Fsp3) is 0.613. The van der Waals surface area contributed by atoms with E-state index in [2.05, 4.69) is 88.0 Å². The van der Waals surface area contributed by atoms with Gasteiger partial charge in [-0.05, 0) is 41.8 Å². The topological polar surface area (TPSA) is 173 Å². The van der Waals surface area contributed by atoms with Crippen molar-refractivity contribution in [3.05, 3.63) is 52.6 Å². The zero-order valence-corrected chi connectivity index (χ0v) is 30.9. The average Bonchev–Trinajstić information content (AvgIpc) is 3.53. The molecule has 16 heteroatoms. The van der Waals surface area contributed by atoms with Crippen LogP contribution in [-0.2, 0) is 24.7 Å². The Hall–Kier alpha value is -3.29. The van der Waals surface area contributed by atoms with Crippen molar-refractivity contribution in [3.63, 3.8) is 0 Å². The minimum Gasteiger partial charge on any atom is -0.449 e. The lowest BCUT2D eigenvalue weighted by molar-refractivity contribution is -0.384. The molecule has 4 atom stereocenters. The molecule has 1 fully saturated rings. The fourth-order valence-corrected chi connectivity index (χ4v) is 7.29. The van der Waals surface area contributed by atoms with E-state index < -0.39 is 52.2 Å². The molecule has 1 aliphatic rings. The van der Waals surface area contributed by atoms with Crippen LogP contribution in [0, 0.1) is 10.1 Å². The van der Waals surface area contributed by atoms with Crippen LogP contribution in [0.1, 0.15) is 53.3 Å². The highest BCUT2D eigenvalue weighted by Crippen LogP contribution is 2.46. The van der Waals surface area contributed by atoms with Gasteiger partial charge in [-0.2, -0.15) is 0 Å². The summed E-state index contributed by atoms with van der Waals surface area (Å²) in [5.41, 5.74) is 1.50. The molecule has 2 N–H and O–H groups in total. The maximum atomic E-state index is 12.7. The molecule has 1 aromatic carbocycles. The number of nitrogens with one attached hydrogen (secondary N) is 1. The molecule has 1 aliphatic heterocycles. The van der Waals surface area contributed by atoms with Crippen molar-refractivity contribution in [2.24, 2.45) is 0 Å². The highest BCUT2D eigenvalue weighted by Gasteiger charge is 2.54. The van der Waals surface area contributed by atoms with Crippen LogP contribution >= 0.6 is 0 Å². The van der Waals surface area contributed by atoms with Crippen molar-refractivity contribution in [3.8, 4) is 0 Å². The van der Waals surface area contributed by atoms with Crippen molar-refractivity contribution in [1.82, 2.24) is 19.5 Å². The Morgan fingerprint density at radius 1 is 1.00 bits per heavy atom. The van der Waals surface area contributed by atoms with Crippen molar-refractivity contribution in [1.29, 1.82) is 0 Å². The third-order valence-electron chi connectivity index (χ3n) is 9.56. The number of imidazole rings is 1. The number of benzene rings is 1. The van der Waals surface area contributed by atoms with E-state index >= 15 is 0 Å². The Labute approximate surface area is 277 Å². The van der Waals surface area contributed by atoms with Gasteiger partial charge in [-0.1, -0.05) is 53.7 Å². The SMILES string of the molecule is CC(C)(C)[Si](C)(C)O[C@@H]1[C@H](O[Si](C)(C)C(C)(C)C)[C@@H](CO)O[C@H]1n1cnc2c(NC(=O)OCCc3ccc([N+](=O)[O-])cc3)ncnc21. The number of fused-ring (bicyclic) bond motifs is 1. The van der Waals surface area contributed by atoms with Gasteiger partial charge in [0.15, 0.2) is 39.8 Å². The van der Waals surface area contributed by atoms with Gasteiger partial charge >= 0.3 is 6.09 Å². The second-order valence-corrected chi connectivity index (χ2v) is 24.4. The zero-order valence-electron chi connectivity index (χ0n) is 28.9. The quantitative estimate of drug-likeness (QED) is 0.133. The molecular weight excluding hydrogens is 641 g/mol. The number of nitro groups is 1. The Balaban J connectivity index is 1.58. The van der Waals surface area contributed by atoms with E-state index in [-0.39, 0.29) is 34.8 Å². The summed E-state index contributed by atoms with van der Waals surface area (Å²) in [6.45, 7) is 21.5. The second kappa shape index (κ2) is 13.7. The van der Waals surface area contributed by atoms with Crippen LogP contribution in [0.15, 0.2) is 36.9 Å². The van der Waals surface area contributed by atoms with Crippen molar-refractivity contribution >= 4 is 45.4 Å². The van der Waals surface area contributed by atoms with Gasteiger partial charge < -0.3 is 23.4 Å². The van der Waals surface area contributed by atoms with Gasteiger partial charge in [-0.3, -0.25) is 20.0 Å². The van der Waals surface area contributed by atoms with Crippen LogP contribution in [0.3, 0.4) is 0 Å². The fourth-order valence-electron chi connectivity index (χ4n) is 4.69. The minimum absolute atomic E-state index is 0.00830. The molecule has 14 nitrogen and oxygen atoms in total. The predicted molar refractivity (Wildman–Crippen MR) is 182 cm³/mol. The van der Waals surface area contributed by atoms with E-state index in [0.717, 1.165) is 5.56 Å². The summed E-state index contributed by atoms with van der Waals surface area (Å²) in [4.78, 5) is 36.3. The van der Waals surface area contributed by atoms with Gasteiger partial charge in [0.25, 0.3) is 5.69 Å². The molecule has 4 rings (SSSR count). The number of carbonyl (C=O) groups is 1. The van der Waals surface area contributed by atoms with Gasteiger partial charge in [0.2, 0.25) is 0 Å². The molecule has 3 heterocycles. The van der Waals surface area contributed by atoms with Crippen LogP contribution < -0.4 is 5.32 Å². The van der Waals surface area contributed by atoms with Crippen LogP contribution in [-0.4, -0.2) is 83.8 Å². The van der Waals surface area contributed by atoms with E-state index in [1.165, 1.54) is 18.5 Å². The molecule has 0 unspecified atom stereocenters. The molecule has 0 bridgehead atoms. The number of hydrogen-bond acceptors (Lipinski definition) is 11. The lowest BCUT2D eigenvalue weighted by Gasteiger charge is -2.44. The highest BCUT2D eigenvalue weighted by molar-refractivity contribution is 6.74. The minimum atomic E-state index is -2.37. The summed E-state index contributed by atoms with van der Waals surface area (Å²) in [6, 6.07) is 6.06. The number of anilines is 1. The molecule has 0 aliphatic carbocycles. The lowest BCUT2D eigenvalue weighted by atomic mass is 10.1. The van der Waals surface area contributed by atoms with Crippen molar-refractivity contribution < 1.29 is 33.2 Å². The maximum absolute atomic E-state index is 12.7. The van der Waals surface area contributed by atoms with Crippen LogP contribution in [0.25, 0.3) is 11.2 Å². The number of amides is 1. The Bertz CT molecular complexity index is 1570. The Kier molecular flexibility index (Phi) is 10.6. The molecule has 47 heavy (non-hydrogen) atoms. The first-order valence-electron chi connectivity index (χ1n) is 15.7. The summed E-state index contributed by atoms with van der Waals surface area (Å²) >= 11 is 0. The zero-order chi connectivity index (χ0) is 34.9. The number of ether oxygens (including phenoxy) is 2. The first kappa shape index (κ1) is 36.5. The average molecular weight is 689 g/mol. The summed E-state index contributed by atoms with van der Waals surface area (Å²) in [6.07, 6.45) is 0.0413. The Morgan fingerprint density at radius 3 is 2.15 bits per heavy atom. The summed E-state index contributed by atoms with van der Waals surface area (Å²) in [5.74, 6) is 0.154. The van der Waals surface area contributed by atoms with Gasteiger partial charge in [0.05, 0.1) is 24.5 Å². The molecule has 2 aromatic heterocycles. The van der Waals surface area contributed by atoms with Crippen LogP contribution in [0.5, 0.6) is 0 Å². The van der Waals surface area contributed by atoms with Crippen molar-refractivity contribution in [2.75, 3.05) is 18.5 Å². The first-order valence-corrected chi connectivity index (χ1v) is 21.5. The normalized spacial score (nSPS) is 20.8. The number of nitrogens with zero attached hydrogens (tertiary/aromatic N) is 5. The standard InChI is InChI=1S/C31H48N6O8Si2/c1-30(2,3)46(7,8)44-24-22(17-38)43-28(25(24)45-47(9,10)31(4,5)6)36-19-34-23-26(32-18-33-27(23)36)35-29(39)42-16-15-20-11-13-21(14-12-20)37(40)41/h11-14,18-19,22,24-25,28,38H,15-17H2,1-10H3,(H,32,33,35,39)/t22-,24-,25-,28-/m1/s1. The number of carbonyl (C=O) groups excluding carboxylic acids is 1. The molecule has 0 saturated carbocycles. The van der Waals surface area contributed by atoms with E-state index in [9.17, 15) is 20.0 Å². The molecule has 1 saturated heterocycles. The number of aliphatic hydroxyl groups excluding tert-OH is 1. The summed E-state index contributed by atoms with van der Waals surface area (Å²) in [7, 11) is -4.69. The van der Waals surface area contributed by atoms with E-state index in [1.54, 1.807) is 23.0 Å². The highest BCUT2D eigenvalue weighted by atomic mass is 28.4. The summed E-state index contributed by atoms with van der Waals surface area (Å²) < 4.78 is 27.5. The number of aromatic nitrogens is 4. The third-order valence-corrected chi connectivity index (χ3v) is 18.5. The van der Waals surface area contributed by atoms with Crippen molar-refractivity contribution in [2.45, 2.75) is 109 Å². The smallest absolute Gasteiger partial charge is 0.412 e. The predicted octanol–water partition coefficient (Wildman–Crippen LogP) is 6.20. The number of nitro benzene ring substituents is 1. The molecule has 3 aromatic rings. The van der Waals surface area contributed by atoms with E-state index in [0.29, 0.717) is 17.6 Å². The van der Waals surface area contributed by atoms with Gasteiger partial charge in [0.1, 0.15) is 24.6 Å². The monoisotopic (exact) mass is 688 g/mol. The van der Waals surface area contributed by atoms with Gasteiger partial charge in [0, 0.05) is 18.6 Å². The maximum Gasteiger partial charge on any atom is 0.412 e. The summed E-state index contributed by atoms with van der Waals surface area (Å²) in [5, 5.41) is 23.8. The largest absolute Gasteiger partial charge is 0.449 e. The molecule has 258 valence electrons. The van der Waals surface area contributed by atoms with Gasteiger partial charge in [-0.15, -0.1) is 0 Å². The molecule has 0 radical (unpaired) electrons. The van der Waals surface area contributed by atoms with Crippen LogP contribution in [0.4, 0.5) is 16.3 Å². The van der Waals surface area contributed by atoms with Crippen LogP contribution in [0.2, 0.25) is 36.3 Å². The lowest BCUT2D eigenvalue weighted by Crippen LogP contribution is -2.53. The van der Waals surface area contributed by atoms with Gasteiger partial charge in [-0.25, -0.2) is 19.7 Å². The van der Waals surface area contributed by atoms with E-state index in [1.807, 2.05) is 0 Å². The second-order valence-electron chi connectivity index (χ2n) is 14.9. The number of non-ortho nitro benzene ring substituents is 1. The number of rotatable bonds is 11. The molecular formula is C31H48N6O8Si2. The Morgan fingerprint density at radius 2 is 1.60 bits per heavy atom. The first-order chi connectivity index (χ1) is 21.8.